The molecule has 0 fully saturated rings. The lowest BCUT2D eigenvalue weighted by Gasteiger charge is -2.18. The van der Waals surface area contributed by atoms with Gasteiger partial charge in [-0.3, -0.25) is 0 Å². The van der Waals surface area contributed by atoms with Gasteiger partial charge in [-0.1, -0.05) is 0 Å². The summed E-state index contributed by atoms with van der Waals surface area (Å²) < 4.78 is 19.6. The Morgan fingerprint density at radius 2 is 2.19 bits per heavy atom. The molecule has 2 rings (SSSR count). The van der Waals surface area contributed by atoms with E-state index in [1.807, 2.05) is 0 Å². The highest BCUT2D eigenvalue weighted by Gasteiger charge is 2.19. The molecule has 0 aliphatic carbocycles. The normalized spacial score (nSPS) is 12.0. The van der Waals surface area contributed by atoms with E-state index in [4.69, 9.17) is 15.6 Å². The van der Waals surface area contributed by atoms with Gasteiger partial charge in [-0.05, 0) is 47.1 Å². The number of benzene rings is 1. The second kappa shape index (κ2) is 6.09. The zero-order valence-electron chi connectivity index (χ0n) is 11.0. The first-order chi connectivity index (χ1) is 9.88. The third-order valence-electron chi connectivity index (χ3n) is 2.83. The largest absolute Gasteiger partial charge is 0.482 e. The van der Waals surface area contributed by atoms with Crippen LogP contribution < -0.4 is 10.5 Å². The van der Waals surface area contributed by atoms with Crippen molar-refractivity contribution in [2.75, 3.05) is 5.73 Å². The van der Waals surface area contributed by atoms with Gasteiger partial charge in [-0.25, -0.2) is 14.2 Å². The van der Waals surface area contributed by atoms with Gasteiger partial charge >= 0.3 is 5.97 Å². The summed E-state index contributed by atoms with van der Waals surface area (Å²) in [4.78, 5) is 15.1. The Labute approximate surface area is 128 Å². The van der Waals surface area contributed by atoms with Crippen molar-refractivity contribution in [2.45, 2.75) is 13.0 Å². The Morgan fingerprint density at radius 3 is 2.86 bits per heavy atom. The molecule has 1 heterocycles. The number of pyridine rings is 1. The van der Waals surface area contributed by atoms with E-state index in [-0.39, 0.29) is 22.7 Å². The van der Waals surface area contributed by atoms with Crippen molar-refractivity contribution >= 4 is 27.7 Å². The quantitative estimate of drug-likeness (QED) is 0.878. The molecule has 2 aromatic rings. The molecule has 21 heavy (non-hydrogen) atoms. The molecule has 1 aromatic heterocycles. The van der Waals surface area contributed by atoms with Crippen LogP contribution in [0.3, 0.4) is 0 Å². The van der Waals surface area contributed by atoms with E-state index >= 15 is 0 Å². The Balaban J connectivity index is 2.36. The molecule has 5 nitrogen and oxygen atoms in total. The highest BCUT2D eigenvalue weighted by Crippen LogP contribution is 2.30. The lowest BCUT2D eigenvalue weighted by molar-refractivity contribution is 0.0691. The van der Waals surface area contributed by atoms with Crippen LogP contribution >= 0.6 is 15.9 Å². The molecule has 1 aromatic carbocycles. The molecule has 110 valence electrons. The number of anilines is 1. The Hall–Kier alpha value is -2.15. The van der Waals surface area contributed by atoms with Gasteiger partial charge < -0.3 is 15.6 Å². The average molecular weight is 355 g/mol. The van der Waals surface area contributed by atoms with Crippen LogP contribution in [0, 0.1) is 5.82 Å². The van der Waals surface area contributed by atoms with E-state index in [2.05, 4.69) is 20.9 Å². The molecule has 0 spiro atoms. The first kappa shape index (κ1) is 15.2. The first-order valence-electron chi connectivity index (χ1n) is 5.99. The van der Waals surface area contributed by atoms with Crippen molar-refractivity contribution in [1.82, 2.24) is 4.98 Å². The fraction of sp³-hybridized carbons (Fsp3) is 0.143. The standard InChI is InChI=1S/C14H12BrFN2O3/c1-7(21-12-4-8(15)6-18-13(12)17)11-5-9(16)2-3-10(11)14(19)20/h2-7H,1H3,(H2,17,18)(H,19,20)/t7-/m1/s1. The Kier molecular flexibility index (Phi) is 4.42. The van der Waals surface area contributed by atoms with Crippen molar-refractivity contribution in [2.24, 2.45) is 0 Å². The fourth-order valence-electron chi connectivity index (χ4n) is 1.84. The van der Waals surface area contributed by atoms with Crippen LogP contribution in [0.15, 0.2) is 34.9 Å². The van der Waals surface area contributed by atoms with Crippen LogP contribution in [-0.4, -0.2) is 16.1 Å². The molecule has 0 aliphatic heterocycles. The minimum Gasteiger partial charge on any atom is -0.482 e. The Morgan fingerprint density at radius 1 is 1.48 bits per heavy atom. The number of halogens is 2. The molecule has 3 N–H and O–H groups in total. The molecule has 7 heteroatoms. The van der Waals surface area contributed by atoms with Gasteiger partial charge in [0.15, 0.2) is 11.6 Å². The zero-order valence-corrected chi connectivity index (χ0v) is 12.6. The predicted molar refractivity (Wildman–Crippen MR) is 78.8 cm³/mol. The smallest absolute Gasteiger partial charge is 0.336 e. The number of ether oxygens (including phenoxy) is 1. The number of nitrogen functional groups attached to an aromatic ring is 1. The third kappa shape index (κ3) is 3.49. The summed E-state index contributed by atoms with van der Waals surface area (Å²) >= 11 is 3.24. The average Bonchev–Trinajstić information content (AvgIpc) is 2.42. The van der Waals surface area contributed by atoms with E-state index in [1.54, 1.807) is 13.0 Å². The monoisotopic (exact) mass is 354 g/mol. The van der Waals surface area contributed by atoms with Crippen LogP contribution in [0.2, 0.25) is 0 Å². The van der Waals surface area contributed by atoms with Crippen LogP contribution in [0.1, 0.15) is 28.9 Å². The minimum absolute atomic E-state index is 0.0228. The number of nitrogens with zero attached hydrogens (tertiary/aromatic N) is 1. The van der Waals surface area contributed by atoms with Gasteiger partial charge in [-0.15, -0.1) is 0 Å². The second-order valence-corrected chi connectivity index (χ2v) is 5.25. The summed E-state index contributed by atoms with van der Waals surface area (Å²) in [6.07, 6.45) is 0.808. The SMILES string of the molecule is C[C@@H](Oc1cc(Br)cnc1N)c1cc(F)ccc1C(=O)O. The van der Waals surface area contributed by atoms with Crippen molar-refractivity contribution in [3.63, 3.8) is 0 Å². The maximum atomic E-state index is 13.4. The molecule has 0 aliphatic rings. The summed E-state index contributed by atoms with van der Waals surface area (Å²) in [6.45, 7) is 1.61. The molecular formula is C14H12BrFN2O3. The van der Waals surface area contributed by atoms with E-state index in [1.165, 1.54) is 12.3 Å². The lowest BCUT2D eigenvalue weighted by Crippen LogP contribution is -2.11. The van der Waals surface area contributed by atoms with E-state index in [0.717, 1.165) is 12.1 Å². The fourth-order valence-corrected chi connectivity index (χ4v) is 2.15. The number of hydrogen-bond acceptors (Lipinski definition) is 4. The van der Waals surface area contributed by atoms with Gasteiger partial charge in [0.25, 0.3) is 0 Å². The van der Waals surface area contributed by atoms with Crippen molar-refractivity contribution in [1.29, 1.82) is 0 Å². The topological polar surface area (TPSA) is 85.4 Å². The second-order valence-electron chi connectivity index (χ2n) is 4.33. The number of carboxylic acid groups (broad SMARTS) is 1. The van der Waals surface area contributed by atoms with E-state index in [9.17, 15) is 9.18 Å². The van der Waals surface area contributed by atoms with Gasteiger partial charge in [0.2, 0.25) is 0 Å². The van der Waals surface area contributed by atoms with Crippen LogP contribution in [0.4, 0.5) is 10.2 Å². The molecule has 0 unspecified atom stereocenters. The van der Waals surface area contributed by atoms with Crippen molar-refractivity contribution < 1.29 is 19.0 Å². The summed E-state index contributed by atoms with van der Waals surface area (Å²) in [5.41, 5.74) is 5.90. The first-order valence-corrected chi connectivity index (χ1v) is 6.78. The number of aromatic carboxylic acids is 1. The van der Waals surface area contributed by atoms with Gasteiger partial charge in [0.1, 0.15) is 11.9 Å². The number of rotatable bonds is 4. The number of aromatic nitrogens is 1. The number of nitrogens with two attached hydrogens (primary N) is 1. The van der Waals surface area contributed by atoms with E-state index in [0.29, 0.717) is 4.47 Å². The lowest BCUT2D eigenvalue weighted by atomic mass is 10.0. The highest BCUT2D eigenvalue weighted by atomic mass is 79.9. The van der Waals surface area contributed by atoms with Crippen LogP contribution in [-0.2, 0) is 0 Å². The van der Waals surface area contributed by atoms with Crippen LogP contribution in [0.25, 0.3) is 0 Å². The van der Waals surface area contributed by atoms with Gasteiger partial charge in [0, 0.05) is 16.2 Å². The minimum atomic E-state index is -1.15. The van der Waals surface area contributed by atoms with E-state index < -0.39 is 17.9 Å². The molecular weight excluding hydrogens is 343 g/mol. The zero-order chi connectivity index (χ0) is 15.6. The van der Waals surface area contributed by atoms with Crippen molar-refractivity contribution in [3.8, 4) is 5.75 Å². The van der Waals surface area contributed by atoms with Gasteiger partial charge in [0.05, 0.1) is 5.56 Å². The van der Waals surface area contributed by atoms with Gasteiger partial charge in [-0.2, -0.15) is 0 Å². The summed E-state index contributed by atoms with van der Waals surface area (Å²) in [5.74, 6) is -1.23. The summed E-state index contributed by atoms with van der Waals surface area (Å²) in [6, 6.07) is 5.04. The predicted octanol–water partition coefficient (Wildman–Crippen LogP) is 3.40. The number of carboxylic acids is 1. The molecule has 0 saturated carbocycles. The molecule has 0 amide bonds. The summed E-state index contributed by atoms with van der Waals surface area (Å²) in [5, 5.41) is 9.15. The number of hydrogen-bond donors (Lipinski definition) is 2. The molecule has 0 saturated heterocycles. The number of carbonyl (C=O) groups is 1. The maximum Gasteiger partial charge on any atom is 0.336 e. The van der Waals surface area contributed by atoms with Crippen molar-refractivity contribution in [3.05, 3.63) is 51.9 Å². The summed E-state index contributed by atoms with van der Waals surface area (Å²) in [7, 11) is 0. The Bertz CT molecular complexity index is 694. The molecule has 1 atom stereocenters. The van der Waals surface area contributed by atoms with Crippen LogP contribution in [0.5, 0.6) is 5.75 Å². The highest BCUT2D eigenvalue weighted by molar-refractivity contribution is 9.10. The maximum absolute atomic E-state index is 13.4. The third-order valence-corrected chi connectivity index (χ3v) is 3.27. The molecule has 0 bridgehead atoms. The molecule has 0 radical (unpaired) electrons.